The lowest BCUT2D eigenvalue weighted by Gasteiger charge is -2.09. The van der Waals surface area contributed by atoms with Gasteiger partial charge in [-0.15, -0.1) is 11.3 Å². The number of thiazole rings is 1. The molecule has 19 heavy (non-hydrogen) atoms. The zero-order valence-corrected chi connectivity index (χ0v) is 11.7. The molecule has 0 bridgehead atoms. The number of hydrogen-bond donors (Lipinski definition) is 3. The van der Waals surface area contributed by atoms with Crippen molar-refractivity contribution in [3.63, 3.8) is 0 Å². The van der Waals surface area contributed by atoms with Crippen molar-refractivity contribution in [3.05, 3.63) is 45.4 Å². The van der Waals surface area contributed by atoms with E-state index in [1.165, 1.54) is 0 Å². The predicted octanol–water partition coefficient (Wildman–Crippen LogP) is 1.98. The van der Waals surface area contributed by atoms with Crippen LogP contribution in [0, 0.1) is 13.8 Å². The van der Waals surface area contributed by atoms with Gasteiger partial charge in [0.1, 0.15) is 5.01 Å². The molecule has 0 radical (unpaired) electrons. The summed E-state index contributed by atoms with van der Waals surface area (Å²) in [5.41, 5.74) is 4.69. The monoisotopic (exact) mass is 276 g/mol. The Labute approximate surface area is 115 Å². The zero-order chi connectivity index (χ0) is 13.8. The second-order valence-electron chi connectivity index (χ2n) is 4.24. The van der Waals surface area contributed by atoms with E-state index in [0.29, 0.717) is 17.8 Å². The SMILES string of the molecule is Cc1ccc(NN)c(C(=O)NCc2ncc(C)s2)c1. The van der Waals surface area contributed by atoms with Crippen LogP contribution in [0.25, 0.3) is 0 Å². The molecule has 0 atom stereocenters. The molecule has 1 heterocycles. The maximum Gasteiger partial charge on any atom is 0.253 e. The highest BCUT2D eigenvalue weighted by Crippen LogP contribution is 2.17. The average Bonchev–Trinajstić information content (AvgIpc) is 2.81. The van der Waals surface area contributed by atoms with Crippen LogP contribution < -0.4 is 16.6 Å². The Kier molecular flexibility index (Phi) is 4.13. The molecule has 2 aromatic rings. The summed E-state index contributed by atoms with van der Waals surface area (Å²) in [6.45, 7) is 4.34. The number of nitrogens with one attached hydrogen (secondary N) is 2. The molecule has 6 heteroatoms. The van der Waals surface area contributed by atoms with E-state index in [4.69, 9.17) is 5.84 Å². The van der Waals surface area contributed by atoms with E-state index >= 15 is 0 Å². The lowest BCUT2D eigenvalue weighted by Crippen LogP contribution is -2.24. The smallest absolute Gasteiger partial charge is 0.253 e. The average molecular weight is 276 g/mol. The third kappa shape index (κ3) is 3.30. The number of carbonyl (C=O) groups excluding carboxylic acids is 1. The number of nitrogens with zero attached hydrogens (tertiary/aromatic N) is 1. The topological polar surface area (TPSA) is 80.0 Å². The van der Waals surface area contributed by atoms with Gasteiger partial charge in [-0.3, -0.25) is 10.6 Å². The molecule has 0 aliphatic carbocycles. The fourth-order valence-corrected chi connectivity index (χ4v) is 2.43. The number of nitrogen functional groups attached to an aromatic ring is 1. The van der Waals surface area contributed by atoms with E-state index < -0.39 is 0 Å². The van der Waals surface area contributed by atoms with E-state index in [9.17, 15) is 4.79 Å². The number of hydrogen-bond acceptors (Lipinski definition) is 5. The van der Waals surface area contributed by atoms with Crippen LogP contribution in [0.4, 0.5) is 5.69 Å². The van der Waals surface area contributed by atoms with E-state index in [-0.39, 0.29) is 5.91 Å². The highest BCUT2D eigenvalue weighted by molar-refractivity contribution is 7.11. The molecule has 1 aromatic heterocycles. The summed E-state index contributed by atoms with van der Waals surface area (Å²) in [5, 5.41) is 3.73. The van der Waals surface area contributed by atoms with E-state index in [1.54, 1.807) is 29.7 Å². The largest absolute Gasteiger partial charge is 0.345 e. The van der Waals surface area contributed by atoms with Crippen molar-refractivity contribution < 1.29 is 4.79 Å². The molecule has 1 aromatic carbocycles. The first kappa shape index (κ1) is 13.5. The highest BCUT2D eigenvalue weighted by atomic mass is 32.1. The van der Waals surface area contributed by atoms with Crippen molar-refractivity contribution >= 4 is 22.9 Å². The lowest BCUT2D eigenvalue weighted by atomic mass is 10.1. The Morgan fingerprint density at radius 1 is 1.42 bits per heavy atom. The maximum atomic E-state index is 12.1. The van der Waals surface area contributed by atoms with Crippen LogP contribution in [0.2, 0.25) is 0 Å². The predicted molar refractivity (Wildman–Crippen MR) is 77.0 cm³/mol. The normalized spacial score (nSPS) is 10.3. The molecule has 100 valence electrons. The van der Waals surface area contributed by atoms with Gasteiger partial charge in [0, 0.05) is 11.1 Å². The van der Waals surface area contributed by atoms with Gasteiger partial charge in [0.15, 0.2) is 0 Å². The van der Waals surface area contributed by atoms with Crippen LogP contribution in [-0.4, -0.2) is 10.9 Å². The number of anilines is 1. The maximum absolute atomic E-state index is 12.1. The Morgan fingerprint density at radius 3 is 2.84 bits per heavy atom. The summed E-state index contributed by atoms with van der Waals surface area (Å²) in [6, 6.07) is 5.49. The molecule has 0 aliphatic heterocycles. The van der Waals surface area contributed by atoms with Crippen molar-refractivity contribution in [1.82, 2.24) is 10.3 Å². The first-order valence-electron chi connectivity index (χ1n) is 5.87. The summed E-state index contributed by atoms with van der Waals surface area (Å²) in [6.07, 6.45) is 1.80. The fraction of sp³-hybridized carbons (Fsp3) is 0.231. The molecule has 2 rings (SSSR count). The van der Waals surface area contributed by atoms with Crippen LogP contribution in [0.3, 0.4) is 0 Å². The standard InChI is InChI=1S/C13H16N4OS/c1-8-3-4-11(17-14)10(5-8)13(18)16-7-12-15-6-9(2)19-12/h3-6,17H,7,14H2,1-2H3,(H,16,18). The molecular weight excluding hydrogens is 260 g/mol. The highest BCUT2D eigenvalue weighted by Gasteiger charge is 2.11. The van der Waals surface area contributed by atoms with Gasteiger partial charge in [0.05, 0.1) is 17.8 Å². The van der Waals surface area contributed by atoms with Gasteiger partial charge in [-0.2, -0.15) is 0 Å². The van der Waals surface area contributed by atoms with Crippen molar-refractivity contribution in [3.8, 4) is 0 Å². The van der Waals surface area contributed by atoms with Crippen LogP contribution in [0.5, 0.6) is 0 Å². The minimum absolute atomic E-state index is 0.162. The van der Waals surface area contributed by atoms with Gasteiger partial charge in [-0.05, 0) is 26.0 Å². The molecule has 1 amide bonds. The summed E-state index contributed by atoms with van der Waals surface area (Å²) in [4.78, 5) is 17.5. The number of nitrogens with two attached hydrogens (primary N) is 1. The van der Waals surface area contributed by atoms with Crippen LogP contribution >= 0.6 is 11.3 Å². The Morgan fingerprint density at radius 2 is 2.21 bits per heavy atom. The quantitative estimate of drug-likeness (QED) is 0.589. The van der Waals surface area contributed by atoms with E-state index in [0.717, 1.165) is 15.4 Å². The molecule has 0 saturated heterocycles. The molecule has 5 nitrogen and oxygen atoms in total. The van der Waals surface area contributed by atoms with Crippen LogP contribution in [0.1, 0.15) is 25.8 Å². The number of amides is 1. The third-order valence-corrected chi connectivity index (χ3v) is 3.56. The summed E-state index contributed by atoms with van der Waals surface area (Å²) in [7, 11) is 0. The molecule has 4 N–H and O–H groups in total. The molecule has 0 fully saturated rings. The minimum atomic E-state index is -0.162. The number of carbonyl (C=O) groups is 1. The Hall–Kier alpha value is -1.92. The van der Waals surface area contributed by atoms with Gasteiger partial charge in [0.2, 0.25) is 0 Å². The first-order chi connectivity index (χ1) is 9.10. The van der Waals surface area contributed by atoms with Crippen LogP contribution in [-0.2, 0) is 6.54 Å². The number of aryl methyl sites for hydroxylation is 2. The molecular formula is C13H16N4OS. The van der Waals surface area contributed by atoms with Gasteiger partial charge < -0.3 is 10.7 Å². The van der Waals surface area contributed by atoms with Gasteiger partial charge >= 0.3 is 0 Å². The Balaban J connectivity index is 2.09. The number of rotatable bonds is 4. The molecule has 0 aliphatic rings. The molecule has 0 unspecified atom stereocenters. The lowest BCUT2D eigenvalue weighted by molar-refractivity contribution is 0.0951. The number of benzene rings is 1. The second-order valence-corrected chi connectivity index (χ2v) is 5.56. The zero-order valence-electron chi connectivity index (χ0n) is 10.9. The summed E-state index contributed by atoms with van der Waals surface area (Å²) in [5.74, 6) is 5.25. The van der Waals surface area contributed by atoms with Crippen LogP contribution in [0.15, 0.2) is 24.4 Å². The first-order valence-corrected chi connectivity index (χ1v) is 6.68. The van der Waals surface area contributed by atoms with E-state index in [2.05, 4.69) is 15.7 Å². The van der Waals surface area contributed by atoms with Crippen molar-refractivity contribution in [2.24, 2.45) is 5.84 Å². The summed E-state index contributed by atoms with van der Waals surface area (Å²) < 4.78 is 0. The number of hydrazine groups is 1. The third-order valence-electron chi connectivity index (χ3n) is 2.64. The van der Waals surface area contributed by atoms with Gasteiger partial charge in [0.25, 0.3) is 5.91 Å². The van der Waals surface area contributed by atoms with Gasteiger partial charge in [-0.25, -0.2) is 4.98 Å². The summed E-state index contributed by atoms with van der Waals surface area (Å²) >= 11 is 1.57. The van der Waals surface area contributed by atoms with Crippen molar-refractivity contribution in [1.29, 1.82) is 0 Å². The minimum Gasteiger partial charge on any atom is -0.345 e. The second kappa shape index (κ2) is 5.81. The molecule has 0 saturated carbocycles. The van der Waals surface area contributed by atoms with Crippen molar-refractivity contribution in [2.75, 3.05) is 5.43 Å². The molecule has 0 spiro atoms. The number of aromatic nitrogens is 1. The Bertz CT molecular complexity index is 594. The fourth-order valence-electron chi connectivity index (χ4n) is 1.71. The van der Waals surface area contributed by atoms with Crippen molar-refractivity contribution in [2.45, 2.75) is 20.4 Å². The van der Waals surface area contributed by atoms with E-state index in [1.807, 2.05) is 19.9 Å². The van der Waals surface area contributed by atoms with Gasteiger partial charge in [-0.1, -0.05) is 11.6 Å².